The normalized spacial score (nSPS) is 20.3. The largest absolute Gasteiger partial charge is 0.443 e. The van der Waals surface area contributed by atoms with Gasteiger partial charge in [0.15, 0.2) is 5.96 Å². The van der Waals surface area contributed by atoms with Crippen LogP contribution < -0.4 is 5.32 Å². The molecule has 0 aliphatic carbocycles. The van der Waals surface area contributed by atoms with Crippen molar-refractivity contribution in [2.45, 2.75) is 51.9 Å². The first-order valence-electron chi connectivity index (χ1n) is 9.58. The maximum absolute atomic E-state index is 13.2. The molecule has 1 fully saturated rings. The molecule has 0 amide bonds. The number of hydrogen-bond donors (Lipinski definition) is 1. The molecule has 0 saturated carbocycles. The van der Waals surface area contributed by atoms with Crippen LogP contribution in [0.1, 0.15) is 51.0 Å². The summed E-state index contributed by atoms with van der Waals surface area (Å²) in [5, 5.41) is 3.33. The van der Waals surface area contributed by atoms with Crippen LogP contribution >= 0.6 is 24.0 Å². The van der Waals surface area contributed by atoms with Crippen LogP contribution in [0.25, 0.3) is 0 Å². The minimum Gasteiger partial charge on any atom is -0.443 e. The van der Waals surface area contributed by atoms with E-state index in [0.717, 1.165) is 23.8 Å². The lowest BCUT2D eigenvalue weighted by atomic mass is 9.94. The number of aliphatic imine (C=N–C) groups is 1. The summed E-state index contributed by atoms with van der Waals surface area (Å²) in [4.78, 5) is 10.9. The van der Waals surface area contributed by atoms with Crippen LogP contribution in [0.15, 0.2) is 39.9 Å². The average molecular weight is 516 g/mol. The summed E-state index contributed by atoms with van der Waals surface area (Å²) in [5.41, 5.74) is 0.880. The summed E-state index contributed by atoms with van der Waals surface area (Å²) in [6.45, 7) is 10.1. The number of aromatic nitrogens is 1. The maximum Gasteiger partial charge on any atom is 0.213 e. The third-order valence-electron chi connectivity index (χ3n) is 4.70. The number of morpholine rings is 1. The van der Waals surface area contributed by atoms with Crippen LogP contribution in [0.5, 0.6) is 0 Å². The van der Waals surface area contributed by atoms with Gasteiger partial charge in [-0.3, -0.25) is 4.99 Å². The van der Waals surface area contributed by atoms with E-state index in [4.69, 9.17) is 9.15 Å². The van der Waals surface area contributed by atoms with Gasteiger partial charge in [0.2, 0.25) is 5.89 Å². The van der Waals surface area contributed by atoms with Crippen molar-refractivity contribution in [3.8, 4) is 0 Å². The number of nitrogens with one attached hydrogen (secondary N) is 1. The number of rotatable bonds is 3. The Bertz CT molecular complexity index is 817. The first kappa shape index (κ1) is 23.6. The first-order chi connectivity index (χ1) is 13.3. The lowest BCUT2D eigenvalue weighted by Gasteiger charge is -2.38. The molecule has 2 atom stereocenters. The Hall–Kier alpha value is -1.68. The molecule has 2 heterocycles. The Balaban J connectivity index is 0.00000300. The fraction of sp³-hybridized carbons (Fsp3) is 0.524. The van der Waals surface area contributed by atoms with Gasteiger partial charge >= 0.3 is 0 Å². The van der Waals surface area contributed by atoms with Gasteiger partial charge in [0.25, 0.3) is 0 Å². The van der Waals surface area contributed by atoms with Crippen molar-refractivity contribution in [1.29, 1.82) is 0 Å². The van der Waals surface area contributed by atoms with E-state index in [9.17, 15) is 4.39 Å². The van der Waals surface area contributed by atoms with Gasteiger partial charge in [-0.2, -0.15) is 0 Å². The molecule has 1 aliphatic rings. The van der Waals surface area contributed by atoms with E-state index in [0.29, 0.717) is 19.0 Å². The third kappa shape index (κ3) is 6.15. The molecular formula is C21H30FIN4O2. The summed E-state index contributed by atoms with van der Waals surface area (Å²) < 4.78 is 25.1. The topological polar surface area (TPSA) is 62.9 Å². The quantitative estimate of drug-likeness (QED) is 0.375. The summed E-state index contributed by atoms with van der Waals surface area (Å²) in [6.07, 6.45) is 1.66. The van der Waals surface area contributed by atoms with Crippen molar-refractivity contribution in [1.82, 2.24) is 15.2 Å². The molecule has 2 unspecified atom stereocenters. The van der Waals surface area contributed by atoms with Crippen LogP contribution in [0.3, 0.4) is 0 Å². The molecule has 1 saturated heterocycles. The number of guanidine groups is 1. The van der Waals surface area contributed by atoms with Crippen molar-refractivity contribution >= 4 is 29.9 Å². The minimum absolute atomic E-state index is 0. The molecule has 6 nitrogen and oxygen atoms in total. The highest BCUT2D eigenvalue weighted by Crippen LogP contribution is 2.26. The van der Waals surface area contributed by atoms with E-state index >= 15 is 0 Å². The van der Waals surface area contributed by atoms with E-state index < -0.39 is 0 Å². The third-order valence-corrected chi connectivity index (χ3v) is 4.70. The smallest absolute Gasteiger partial charge is 0.213 e. The van der Waals surface area contributed by atoms with Gasteiger partial charge in [-0.25, -0.2) is 9.37 Å². The Labute approximate surface area is 189 Å². The van der Waals surface area contributed by atoms with Crippen molar-refractivity contribution in [2.75, 3.05) is 20.1 Å². The molecule has 1 N–H and O–H groups in total. The second-order valence-electron chi connectivity index (χ2n) is 8.16. The molecule has 8 heteroatoms. The van der Waals surface area contributed by atoms with Gasteiger partial charge in [0.05, 0.1) is 25.4 Å². The predicted octanol–water partition coefficient (Wildman–Crippen LogP) is 4.27. The second-order valence-corrected chi connectivity index (χ2v) is 8.16. The lowest BCUT2D eigenvalue weighted by Crippen LogP contribution is -2.50. The molecule has 0 spiro atoms. The van der Waals surface area contributed by atoms with Gasteiger partial charge in [0, 0.05) is 19.0 Å². The minimum atomic E-state index is -0.248. The van der Waals surface area contributed by atoms with Crippen LogP contribution in [-0.4, -0.2) is 42.1 Å². The lowest BCUT2D eigenvalue weighted by molar-refractivity contribution is -0.0605. The second kappa shape index (κ2) is 9.88. The zero-order valence-electron chi connectivity index (χ0n) is 17.6. The highest BCUT2D eigenvalue weighted by Gasteiger charge is 2.28. The SMILES string of the molecule is CN=C(NCc1ncc(C(C)(C)C)o1)N1CC(C)OC(c2ccc(F)cc2)C1.I. The van der Waals surface area contributed by atoms with Gasteiger partial charge in [-0.1, -0.05) is 32.9 Å². The van der Waals surface area contributed by atoms with Crippen LogP contribution in [0.4, 0.5) is 4.39 Å². The molecule has 1 aromatic carbocycles. The Morgan fingerprint density at radius 3 is 2.55 bits per heavy atom. The molecule has 1 aliphatic heterocycles. The van der Waals surface area contributed by atoms with E-state index in [1.54, 1.807) is 25.4 Å². The Morgan fingerprint density at radius 1 is 1.28 bits per heavy atom. The van der Waals surface area contributed by atoms with Crippen molar-refractivity contribution in [2.24, 2.45) is 4.99 Å². The highest BCUT2D eigenvalue weighted by molar-refractivity contribution is 14.0. The molecule has 0 radical (unpaired) electrons. The summed E-state index contributed by atoms with van der Waals surface area (Å²) in [6, 6.07) is 6.47. The number of oxazole rings is 1. The van der Waals surface area contributed by atoms with Gasteiger partial charge in [-0.15, -0.1) is 24.0 Å². The number of benzene rings is 1. The number of halogens is 2. The molecule has 1 aromatic heterocycles. The van der Waals surface area contributed by atoms with E-state index in [1.165, 1.54) is 12.1 Å². The number of hydrogen-bond acceptors (Lipinski definition) is 4. The van der Waals surface area contributed by atoms with Crippen LogP contribution in [-0.2, 0) is 16.7 Å². The maximum atomic E-state index is 13.2. The molecule has 3 rings (SSSR count). The molecule has 29 heavy (non-hydrogen) atoms. The van der Waals surface area contributed by atoms with E-state index in [1.807, 2.05) is 6.92 Å². The first-order valence-corrected chi connectivity index (χ1v) is 9.58. The number of nitrogens with zero attached hydrogens (tertiary/aromatic N) is 3. The number of ether oxygens (including phenoxy) is 1. The molecule has 0 bridgehead atoms. The predicted molar refractivity (Wildman–Crippen MR) is 122 cm³/mol. The van der Waals surface area contributed by atoms with Crippen LogP contribution in [0.2, 0.25) is 0 Å². The Kier molecular flexibility index (Phi) is 8.04. The van der Waals surface area contributed by atoms with Crippen molar-refractivity contribution in [3.05, 3.63) is 53.5 Å². The average Bonchev–Trinajstić information content (AvgIpc) is 3.12. The fourth-order valence-electron chi connectivity index (χ4n) is 3.21. The van der Waals surface area contributed by atoms with Crippen molar-refractivity contribution < 1.29 is 13.5 Å². The van der Waals surface area contributed by atoms with Gasteiger partial charge in [0.1, 0.15) is 17.7 Å². The Morgan fingerprint density at radius 2 is 1.97 bits per heavy atom. The molecule has 160 valence electrons. The zero-order valence-corrected chi connectivity index (χ0v) is 19.9. The van der Waals surface area contributed by atoms with Crippen LogP contribution in [0, 0.1) is 5.82 Å². The zero-order chi connectivity index (χ0) is 20.3. The van der Waals surface area contributed by atoms with E-state index in [-0.39, 0.29) is 47.4 Å². The standard InChI is InChI=1S/C21H29FN4O2.HI/c1-14-12-26(13-17(27-14)15-6-8-16(22)9-7-15)20(23-5)25-11-19-24-10-18(28-19)21(2,3)4;/h6-10,14,17H,11-13H2,1-5H3,(H,23,25);1H. The molecular weight excluding hydrogens is 486 g/mol. The summed E-state index contributed by atoms with van der Waals surface area (Å²) in [5.74, 6) is 2.00. The highest BCUT2D eigenvalue weighted by atomic mass is 127. The summed E-state index contributed by atoms with van der Waals surface area (Å²) in [7, 11) is 1.76. The van der Waals surface area contributed by atoms with Gasteiger partial charge < -0.3 is 19.4 Å². The monoisotopic (exact) mass is 516 g/mol. The molecule has 2 aromatic rings. The summed E-state index contributed by atoms with van der Waals surface area (Å²) >= 11 is 0. The van der Waals surface area contributed by atoms with Crippen molar-refractivity contribution in [3.63, 3.8) is 0 Å². The van der Waals surface area contributed by atoms with Gasteiger partial charge in [-0.05, 0) is 24.6 Å². The fourth-order valence-corrected chi connectivity index (χ4v) is 3.21. The van der Waals surface area contributed by atoms with E-state index in [2.05, 4.69) is 41.0 Å².